The zero-order chi connectivity index (χ0) is 9.10. The highest BCUT2D eigenvalue weighted by Crippen LogP contribution is 2.15. The molecule has 0 bridgehead atoms. The fourth-order valence-corrected chi connectivity index (χ4v) is 2.71. The Balaban J connectivity index is 1.74. The molecule has 0 saturated carbocycles. The van der Waals surface area contributed by atoms with Gasteiger partial charge in [-0.15, -0.1) is 11.6 Å². The van der Waals surface area contributed by atoms with Gasteiger partial charge >= 0.3 is 0 Å². The van der Waals surface area contributed by atoms with Crippen LogP contribution in [0, 0.1) is 0 Å². The molecule has 1 unspecified atom stereocenters. The van der Waals surface area contributed by atoms with E-state index in [9.17, 15) is 0 Å². The second kappa shape index (κ2) is 4.45. The van der Waals surface area contributed by atoms with Crippen LogP contribution in [0.2, 0.25) is 0 Å². The highest BCUT2D eigenvalue weighted by atomic mass is 35.5. The van der Waals surface area contributed by atoms with Gasteiger partial charge in [0.1, 0.15) is 0 Å². The molecule has 2 rings (SSSR count). The van der Waals surface area contributed by atoms with Crippen LogP contribution < -0.4 is 0 Å². The van der Waals surface area contributed by atoms with Gasteiger partial charge in [-0.2, -0.15) is 11.3 Å². The van der Waals surface area contributed by atoms with Gasteiger partial charge < -0.3 is 4.90 Å². The Kier molecular flexibility index (Phi) is 3.25. The van der Waals surface area contributed by atoms with Crippen molar-refractivity contribution in [2.24, 2.45) is 0 Å². The molecule has 1 nitrogen and oxygen atoms in total. The number of thiophene rings is 1. The smallest absolute Gasteiger partial charge is 0.0475 e. The average molecular weight is 216 g/mol. The fourth-order valence-electron chi connectivity index (χ4n) is 1.71. The lowest BCUT2D eigenvalue weighted by atomic mass is 10.2. The van der Waals surface area contributed by atoms with Gasteiger partial charge in [0.15, 0.2) is 0 Å². The molecule has 3 heteroatoms. The van der Waals surface area contributed by atoms with Crippen molar-refractivity contribution in [1.82, 2.24) is 4.90 Å². The van der Waals surface area contributed by atoms with E-state index in [0.717, 1.165) is 13.0 Å². The molecular formula is C10H14ClNS. The summed E-state index contributed by atoms with van der Waals surface area (Å²) in [6.07, 6.45) is 2.33. The third-order valence-electron chi connectivity index (χ3n) is 2.51. The molecule has 1 aromatic rings. The van der Waals surface area contributed by atoms with E-state index in [1.807, 2.05) is 0 Å². The summed E-state index contributed by atoms with van der Waals surface area (Å²) in [5, 5.41) is 4.76. The predicted molar refractivity (Wildman–Crippen MR) is 58.7 cm³/mol. The summed E-state index contributed by atoms with van der Waals surface area (Å²) in [7, 11) is 0. The zero-order valence-corrected chi connectivity index (χ0v) is 9.15. The van der Waals surface area contributed by atoms with E-state index >= 15 is 0 Å². The van der Waals surface area contributed by atoms with E-state index in [4.69, 9.17) is 11.6 Å². The Labute approximate surface area is 88.3 Å². The summed E-state index contributed by atoms with van der Waals surface area (Å²) < 4.78 is 0. The summed E-state index contributed by atoms with van der Waals surface area (Å²) in [5.41, 5.74) is 1.46. The normalized spacial score (nSPS) is 23.9. The SMILES string of the molecule is ClC1CCN(CCc2ccsc2)C1. The maximum absolute atomic E-state index is 6.03. The zero-order valence-electron chi connectivity index (χ0n) is 7.58. The average Bonchev–Trinajstić information content (AvgIpc) is 2.71. The first-order chi connectivity index (χ1) is 6.34. The molecule has 2 heterocycles. The van der Waals surface area contributed by atoms with E-state index in [-0.39, 0.29) is 0 Å². The van der Waals surface area contributed by atoms with Gasteiger partial charge in [0.2, 0.25) is 0 Å². The standard InChI is InChI=1S/C10H14ClNS/c11-10-2-5-12(7-10)4-1-9-3-6-13-8-9/h3,6,8,10H,1-2,4-5,7H2. The Morgan fingerprint density at radius 3 is 3.15 bits per heavy atom. The molecule has 0 N–H and O–H groups in total. The largest absolute Gasteiger partial charge is 0.301 e. The number of alkyl halides is 1. The molecule has 0 aromatic carbocycles. The minimum Gasteiger partial charge on any atom is -0.301 e. The summed E-state index contributed by atoms with van der Waals surface area (Å²) >= 11 is 7.81. The molecule has 0 spiro atoms. The minimum absolute atomic E-state index is 0.391. The van der Waals surface area contributed by atoms with Crippen molar-refractivity contribution in [3.05, 3.63) is 22.4 Å². The van der Waals surface area contributed by atoms with E-state index in [0.29, 0.717) is 5.38 Å². The molecular weight excluding hydrogens is 202 g/mol. The van der Waals surface area contributed by atoms with Crippen molar-refractivity contribution in [3.8, 4) is 0 Å². The van der Waals surface area contributed by atoms with Gasteiger partial charge in [0, 0.05) is 18.5 Å². The summed E-state index contributed by atoms with van der Waals surface area (Å²) in [5.74, 6) is 0. The van der Waals surface area contributed by atoms with Crippen molar-refractivity contribution in [2.75, 3.05) is 19.6 Å². The van der Waals surface area contributed by atoms with Crippen molar-refractivity contribution < 1.29 is 0 Å². The molecule has 1 aromatic heterocycles. The van der Waals surface area contributed by atoms with Crippen molar-refractivity contribution in [1.29, 1.82) is 0 Å². The van der Waals surface area contributed by atoms with Crippen LogP contribution in [0.3, 0.4) is 0 Å². The van der Waals surface area contributed by atoms with Crippen LogP contribution in [0.4, 0.5) is 0 Å². The Morgan fingerprint density at radius 1 is 1.62 bits per heavy atom. The molecule has 0 aliphatic carbocycles. The molecule has 13 heavy (non-hydrogen) atoms. The van der Waals surface area contributed by atoms with Crippen LogP contribution in [0.15, 0.2) is 16.8 Å². The van der Waals surface area contributed by atoms with Crippen LogP contribution in [0.5, 0.6) is 0 Å². The number of hydrogen-bond acceptors (Lipinski definition) is 2. The monoisotopic (exact) mass is 215 g/mol. The van der Waals surface area contributed by atoms with E-state index in [2.05, 4.69) is 21.7 Å². The van der Waals surface area contributed by atoms with Crippen LogP contribution in [-0.2, 0) is 6.42 Å². The Bertz CT molecular complexity index is 247. The van der Waals surface area contributed by atoms with Crippen LogP contribution >= 0.6 is 22.9 Å². The number of likely N-dealkylation sites (tertiary alicyclic amines) is 1. The van der Waals surface area contributed by atoms with Crippen LogP contribution in [0.1, 0.15) is 12.0 Å². The summed E-state index contributed by atoms with van der Waals surface area (Å²) in [6.45, 7) is 3.42. The predicted octanol–water partition coefficient (Wildman–Crippen LogP) is 2.60. The quantitative estimate of drug-likeness (QED) is 0.701. The van der Waals surface area contributed by atoms with Crippen molar-refractivity contribution >= 4 is 22.9 Å². The van der Waals surface area contributed by atoms with Gasteiger partial charge in [-0.25, -0.2) is 0 Å². The highest BCUT2D eigenvalue weighted by Gasteiger charge is 2.19. The van der Waals surface area contributed by atoms with Gasteiger partial charge in [-0.1, -0.05) is 0 Å². The Morgan fingerprint density at radius 2 is 2.54 bits per heavy atom. The van der Waals surface area contributed by atoms with Gasteiger partial charge in [-0.05, 0) is 41.8 Å². The molecule has 1 aliphatic rings. The van der Waals surface area contributed by atoms with Gasteiger partial charge in [-0.3, -0.25) is 0 Å². The number of halogens is 1. The second-order valence-electron chi connectivity index (χ2n) is 3.57. The van der Waals surface area contributed by atoms with E-state index in [1.165, 1.54) is 25.1 Å². The number of hydrogen-bond donors (Lipinski definition) is 0. The van der Waals surface area contributed by atoms with Gasteiger partial charge in [0.05, 0.1) is 0 Å². The van der Waals surface area contributed by atoms with Gasteiger partial charge in [0.25, 0.3) is 0 Å². The van der Waals surface area contributed by atoms with Crippen molar-refractivity contribution in [2.45, 2.75) is 18.2 Å². The summed E-state index contributed by atoms with van der Waals surface area (Å²) in [4.78, 5) is 2.45. The fraction of sp³-hybridized carbons (Fsp3) is 0.600. The maximum Gasteiger partial charge on any atom is 0.0475 e. The van der Waals surface area contributed by atoms with Crippen LogP contribution in [0.25, 0.3) is 0 Å². The first-order valence-corrected chi connectivity index (χ1v) is 6.10. The lowest BCUT2D eigenvalue weighted by Crippen LogP contribution is -2.23. The lowest BCUT2D eigenvalue weighted by molar-refractivity contribution is 0.344. The first-order valence-electron chi connectivity index (χ1n) is 4.72. The second-order valence-corrected chi connectivity index (χ2v) is 4.97. The third-order valence-corrected chi connectivity index (χ3v) is 3.60. The molecule has 1 atom stereocenters. The van der Waals surface area contributed by atoms with E-state index < -0.39 is 0 Å². The molecule has 72 valence electrons. The number of rotatable bonds is 3. The molecule has 1 saturated heterocycles. The molecule has 0 radical (unpaired) electrons. The van der Waals surface area contributed by atoms with Crippen LogP contribution in [-0.4, -0.2) is 29.9 Å². The summed E-state index contributed by atoms with van der Waals surface area (Å²) in [6, 6.07) is 2.21. The minimum atomic E-state index is 0.391. The first kappa shape index (κ1) is 9.50. The highest BCUT2D eigenvalue weighted by molar-refractivity contribution is 7.07. The van der Waals surface area contributed by atoms with E-state index in [1.54, 1.807) is 11.3 Å². The topological polar surface area (TPSA) is 3.24 Å². The molecule has 0 amide bonds. The molecule has 1 aliphatic heterocycles. The lowest BCUT2D eigenvalue weighted by Gasteiger charge is -2.13. The maximum atomic E-state index is 6.03. The van der Waals surface area contributed by atoms with Crippen molar-refractivity contribution in [3.63, 3.8) is 0 Å². The Hall–Kier alpha value is -0.0500. The molecule has 1 fully saturated rings. The third kappa shape index (κ3) is 2.70. The number of nitrogens with zero attached hydrogens (tertiary/aromatic N) is 1.